The molecule has 6 heteroatoms. The van der Waals surface area contributed by atoms with Gasteiger partial charge in [-0.3, -0.25) is 0 Å². The topological polar surface area (TPSA) is 49.8 Å². The predicted octanol–water partition coefficient (Wildman–Crippen LogP) is 4.58. The van der Waals surface area contributed by atoms with Crippen molar-refractivity contribution in [2.24, 2.45) is 0 Å². The average Bonchev–Trinajstić information content (AvgIpc) is 2.64. The minimum absolute atomic E-state index is 0.180. The maximum Gasteiger partial charge on any atom is 0.131 e. The highest BCUT2D eigenvalue weighted by atomic mass is 35.5. The van der Waals surface area contributed by atoms with Gasteiger partial charge in [0.1, 0.15) is 23.8 Å². The highest BCUT2D eigenvalue weighted by Gasteiger charge is 2.02. The summed E-state index contributed by atoms with van der Waals surface area (Å²) >= 11 is 5.99. The van der Waals surface area contributed by atoms with Gasteiger partial charge >= 0.3 is 0 Å². The van der Waals surface area contributed by atoms with Crippen LogP contribution in [0.2, 0.25) is 5.02 Å². The second kappa shape index (κ2) is 9.15. The molecule has 2 N–H and O–H groups in total. The second-order valence-corrected chi connectivity index (χ2v) is 6.30. The van der Waals surface area contributed by atoms with Crippen molar-refractivity contribution in [3.63, 3.8) is 0 Å². The van der Waals surface area contributed by atoms with Gasteiger partial charge in [-0.25, -0.2) is 14.4 Å². The van der Waals surface area contributed by atoms with E-state index in [1.165, 1.54) is 18.0 Å². The Hall–Kier alpha value is -2.66. The maximum atomic E-state index is 13.6. The lowest BCUT2D eigenvalue weighted by Crippen LogP contribution is -2.10. The molecule has 0 aliphatic heterocycles. The van der Waals surface area contributed by atoms with E-state index in [2.05, 4.69) is 20.6 Å². The zero-order valence-corrected chi connectivity index (χ0v) is 15.0. The summed E-state index contributed by atoms with van der Waals surface area (Å²) in [6.45, 7) is 1.34. The van der Waals surface area contributed by atoms with Gasteiger partial charge in [-0.1, -0.05) is 41.9 Å². The van der Waals surface area contributed by atoms with Crippen LogP contribution in [0.1, 0.15) is 11.1 Å². The predicted molar refractivity (Wildman–Crippen MR) is 104 cm³/mol. The Balaban J connectivity index is 1.47. The molecule has 0 unspecified atom stereocenters. The normalized spacial score (nSPS) is 10.5. The Morgan fingerprint density at radius 1 is 0.846 bits per heavy atom. The SMILES string of the molecule is Fc1ccccc1CCNc1cc(NCCc2cccc(Cl)c2)ncn1. The number of hydrogen-bond acceptors (Lipinski definition) is 4. The van der Waals surface area contributed by atoms with E-state index < -0.39 is 0 Å². The summed E-state index contributed by atoms with van der Waals surface area (Å²) in [6.07, 6.45) is 2.95. The van der Waals surface area contributed by atoms with E-state index in [0.717, 1.165) is 23.8 Å². The number of halogens is 2. The van der Waals surface area contributed by atoms with Crippen LogP contribution in [0, 0.1) is 5.82 Å². The first-order valence-corrected chi connectivity index (χ1v) is 8.86. The fourth-order valence-corrected chi connectivity index (χ4v) is 2.82. The Morgan fingerprint density at radius 2 is 1.58 bits per heavy atom. The van der Waals surface area contributed by atoms with Gasteiger partial charge in [0.15, 0.2) is 0 Å². The van der Waals surface area contributed by atoms with Crippen LogP contribution >= 0.6 is 11.6 Å². The highest BCUT2D eigenvalue weighted by Crippen LogP contribution is 2.13. The van der Waals surface area contributed by atoms with Crippen molar-refractivity contribution in [1.82, 2.24) is 9.97 Å². The molecule has 26 heavy (non-hydrogen) atoms. The van der Waals surface area contributed by atoms with E-state index in [9.17, 15) is 4.39 Å². The zero-order chi connectivity index (χ0) is 18.2. The molecule has 0 spiro atoms. The van der Waals surface area contributed by atoms with Crippen LogP contribution in [0.4, 0.5) is 16.0 Å². The van der Waals surface area contributed by atoms with E-state index in [1.807, 2.05) is 36.4 Å². The van der Waals surface area contributed by atoms with Crippen LogP contribution in [0.5, 0.6) is 0 Å². The Morgan fingerprint density at radius 3 is 2.31 bits per heavy atom. The van der Waals surface area contributed by atoms with Crippen molar-refractivity contribution < 1.29 is 4.39 Å². The Labute approximate surface area is 157 Å². The summed E-state index contributed by atoms with van der Waals surface area (Å²) in [5.74, 6) is 1.28. The summed E-state index contributed by atoms with van der Waals surface area (Å²) in [5, 5.41) is 7.22. The Kier molecular flexibility index (Phi) is 6.39. The summed E-state index contributed by atoms with van der Waals surface area (Å²) in [5.41, 5.74) is 1.86. The smallest absolute Gasteiger partial charge is 0.131 e. The molecule has 4 nitrogen and oxygen atoms in total. The molecular formula is C20H20ClFN4. The maximum absolute atomic E-state index is 13.6. The third kappa shape index (κ3) is 5.43. The van der Waals surface area contributed by atoms with E-state index in [0.29, 0.717) is 24.3 Å². The van der Waals surface area contributed by atoms with Gasteiger partial charge in [-0.15, -0.1) is 0 Å². The van der Waals surface area contributed by atoms with E-state index in [4.69, 9.17) is 11.6 Å². The molecule has 0 amide bonds. The molecule has 0 bridgehead atoms. The van der Waals surface area contributed by atoms with Crippen molar-refractivity contribution in [3.8, 4) is 0 Å². The first-order chi connectivity index (χ1) is 12.7. The zero-order valence-electron chi connectivity index (χ0n) is 14.3. The van der Waals surface area contributed by atoms with Gasteiger partial charge in [0, 0.05) is 24.2 Å². The molecule has 0 aliphatic rings. The molecule has 0 fully saturated rings. The van der Waals surface area contributed by atoms with Gasteiger partial charge in [-0.05, 0) is 42.2 Å². The second-order valence-electron chi connectivity index (χ2n) is 5.86. The number of nitrogens with zero attached hydrogens (tertiary/aromatic N) is 2. The monoisotopic (exact) mass is 370 g/mol. The molecule has 0 aliphatic carbocycles. The third-order valence-electron chi connectivity index (χ3n) is 3.93. The van der Waals surface area contributed by atoms with Gasteiger partial charge in [0.2, 0.25) is 0 Å². The number of aromatic nitrogens is 2. The quantitative estimate of drug-likeness (QED) is 0.609. The van der Waals surface area contributed by atoms with Crippen LogP contribution in [0.15, 0.2) is 60.9 Å². The lowest BCUT2D eigenvalue weighted by Gasteiger charge is -2.09. The van der Waals surface area contributed by atoms with E-state index in [1.54, 1.807) is 12.1 Å². The van der Waals surface area contributed by atoms with Gasteiger partial charge < -0.3 is 10.6 Å². The summed E-state index contributed by atoms with van der Waals surface area (Å²) in [6, 6.07) is 16.5. The van der Waals surface area contributed by atoms with Gasteiger partial charge in [0.05, 0.1) is 0 Å². The molecule has 0 radical (unpaired) electrons. The molecule has 3 aromatic rings. The molecule has 0 atom stereocenters. The standard InChI is InChI=1S/C20H20ClFN4/c21-17-6-3-4-15(12-17)8-10-23-19-13-20(26-14-25-19)24-11-9-16-5-1-2-7-18(16)22/h1-7,12-14H,8-11H2,(H2,23,24,25,26). The van der Waals surface area contributed by atoms with E-state index in [-0.39, 0.29) is 5.82 Å². The molecule has 134 valence electrons. The van der Waals surface area contributed by atoms with Crippen LogP contribution in [-0.2, 0) is 12.8 Å². The number of anilines is 2. The van der Waals surface area contributed by atoms with Crippen molar-refractivity contribution in [3.05, 3.63) is 82.9 Å². The van der Waals surface area contributed by atoms with Crippen molar-refractivity contribution in [1.29, 1.82) is 0 Å². The minimum Gasteiger partial charge on any atom is -0.370 e. The molecule has 1 aromatic heterocycles. The summed E-state index contributed by atoms with van der Waals surface area (Å²) < 4.78 is 13.6. The number of rotatable bonds is 8. The highest BCUT2D eigenvalue weighted by molar-refractivity contribution is 6.30. The molecule has 0 saturated heterocycles. The van der Waals surface area contributed by atoms with Gasteiger partial charge in [-0.2, -0.15) is 0 Å². The first kappa shape index (κ1) is 18.1. The first-order valence-electron chi connectivity index (χ1n) is 8.48. The number of benzene rings is 2. The van der Waals surface area contributed by atoms with Crippen LogP contribution in [-0.4, -0.2) is 23.1 Å². The molecule has 1 heterocycles. The molecule has 2 aromatic carbocycles. The fourth-order valence-electron chi connectivity index (χ4n) is 2.60. The van der Waals surface area contributed by atoms with Crippen LogP contribution in [0.3, 0.4) is 0 Å². The lowest BCUT2D eigenvalue weighted by atomic mass is 10.1. The minimum atomic E-state index is -0.180. The third-order valence-corrected chi connectivity index (χ3v) is 4.17. The van der Waals surface area contributed by atoms with Crippen molar-refractivity contribution >= 4 is 23.2 Å². The average molecular weight is 371 g/mol. The van der Waals surface area contributed by atoms with Gasteiger partial charge in [0.25, 0.3) is 0 Å². The summed E-state index contributed by atoms with van der Waals surface area (Å²) in [4.78, 5) is 8.42. The number of nitrogens with one attached hydrogen (secondary N) is 2. The van der Waals surface area contributed by atoms with Crippen LogP contribution in [0.25, 0.3) is 0 Å². The molecular weight excluding hydrogens is 351 g/mol. The Bertz CT molecular complexity index is 856. The van der Waals surface area contributed by atoms with Crippen molar-refractivity contribution in [2.75, 3.05) is 23.7 Å². The summed E-state index contributed by atoms with van der Waals surface area (Å²) in [7, 11) is 0. The molecule has 0 saturated carbocycles. The largest absolute Gasteiger partial charge is 0.370 e. The number of hydrogen-bond donors (Lipinski definition) is 2. The van der Waals surface area contributed by atoms with Crippen LogP contribution < -0.4 is 10.6 Å². The lowest BCUT2D eigenvalue weighted by molar-refractivity contribution is 0.610. The van der Waals surface area contributed by atoms with Crippen molar-refractivity contribution in [2.45, 2.75) is 12.8 Å². The fraction of sp³-hybridized carbons (Fsp3) is 0.200. The van der Waals surface area contributed by atoms with E-state index >= 15 is 0 Å². The molecule has 3 rings (SSSR count).